The van der Waals surface area contributed by atoms with Gasteiger partial charge in [0, 0.05) is 32.2 Å². The lowest BCUT2D eigenvalue weighted by molar-refractivity contribution is 0.133. The first kappa shape index (κ1) is 13.4. The minimum absolute atomic E-state index is 0.370. The molecule has 4 heteroatoms. The molecule has 114 valence electrons. The van der Waals surface area contributed by atoms with Gasteiger partial charge in [0.25, 0.3) is 0 Å². The number of ether oxygens (including phenoxy) is 2. The van der Waals surface area contributed by atoms with Gasteiger partial charge in [-0.05, 0) is 49.3 Å². The molecule has 0 unspecified atom stereocenters. The normalized spacial score (nSPS) is 29.5. The van der Waals surface area contributed by atoms with Crippen molar-refractivity contribution in [3.8, 4) is 11.5 Å². The van der Waals surface area contributed by atoms with E-state index in [1.54, 1.807) is 0 Å². The Labute approximate surface area is 126 Å². The van der Waals surface area contributed by atoms with Crippen molar-refractivity contribution in [3.05, 3.63) is 23.8 Å². The van der Waals surface area contributed by atoms with Crippen molar-refractivity contribution in [2.24, 2.45) is 0 Å². The quantitative estimate of drug-likeness (QED) is 0.906. The van der Waals surface area contributed by atoms with E-state index in [2.05, 4.69) is 28.4 Å². The van der Waals surface area contributed by atoms with Gasteiger partial charge in [0.05, 0.1) is 0 Å². The Bertz CT molecular complexity index is 492. The summed E-state index contributed by atoms with van der Waals surface area (Å²) in [5.74, 6) is 2.52. The third-order valence-electron chi connectivity index (χ3n) is 5.23. The summed E-state index contributed by atoms with van der Waals surface area (Å²) in [6.45, 7) is 5.12. The van der Waals surface area contributed by atoms with Crippen molar-refractivity contribution in [2.75, 3.05) is 33.0 Å². The van der Waals surface area contributed by atoms with Crippen LogP contribution >= 0.6 is 0 Å². The molecule has 4 rings (SSSR count). The third-order valence-corrected chi connectivity index (χ3v) is 5.23. The van der Waals surface area contributed by atoms with Gasteiger partial charge in [-0.3, -0.25) is 4.90 Å². The zero-order chi connectivity index (χ0) is 14.1. The van der Waals surface area contributed by atoms with Gasteiger partial charge in [0.2, 0.25) is 6.79 Å². The molecule has 0 atom stereocenters. The molecular weight excluding hydrogens is 264 g/mol. The zero-order valence-corrected chi connectivity index (χ0v) is 12.5. The van der Waals surface area contributed by atoms with Gasteiger partial charge >= 0.3 is 0 Å². The van der Waals surface area contributed by atoms with E-state index in [1.165, 1.54) is 44.3 Å². The number of hydrogen-bond donors (Lipinski definition) is 1. The average molecular weight is 288 g/mol. The van der Waals surface area contributed by atoms with Gasteiger partial charge in [-0.15, -0.1) is 0 Å². The van der Waals surface area contributed by atoms with E-state index in [4.69, 9.17) is 9.47 Å². The Kier molecular flexibility index (Phi) is 3.74. The predicted molar refractivity (Wildman–Crippen MR) is 82.0 cm³/mol. The van der Waals surface area contributed by atoms with Crippen molar-refractivity contribution in [3.63, 3.8) is 0 Å². The Morgan fingerprint density at radius 3 is 2.52 bits per heavy atom. The maximum atomic E-state index is 5.51. The molecule has 4 nitrogen and oxygen atoms in total. The molecular formula is C17H24N2O2. The summed E-state index contributed by atoms with van der Waals surface area (Å²) in [5.41, 5.74) is 1.43. The fraction of sp³-hybridized carbons (Fsp3) is 0.647. The second-order valence-electron chi connectivity index (χ2n) is 6.40. The molecule has 0 aromatic heterocycles. The first-order valence-corrected chi connectivity index (χ1v) is 8.24. The van der Waals surface area contributed by atoms with Gasteiger partial charge in [-0.1, -0.05) is 6.07 Å². The number of hydrogen-bond acceptors (Lipinski definition) is 4. The lowest BCUT2D eigenvalue weighted by Gasteiger charge is -2.39. The van der Waals surface area contributed by atoms with E-state index in [0.717, 1.165) is 30.6 Å². The molecule has 2 heterocycles. The summed E-state index contributed by atoms with van der Waals surface area (Å²) in [4.78, 5) is 2.69. The molecule has 2 aliphatic heterocycles. The number of rotatable bonds is 2. The van der Waals surface area contributed by atoms with Gasteiger partial charge in [0.15, 0.2) is 11.5 Å². The van der Waals surface area contributed by atoms with Gasteiger partial charge in [0.1, 0.15) is 0 Å². The molecule has 0 radical (unpaired) electrons. The summed E-state index contributed by atoms with van der Waals surface area (Å²) >= 11 is 0. The van der Waals surface area contributed by atoms with Gasteiger partial charge < -0.3 is 14.8 Å². The molecule has 0 amide bonds. The molecule has 1 N–H and O–H groups in total. The Morgan fingerprint density at radius 1 is 0.952 bits per heavy atom. The number of piperazine rings is 1. The van der Waals surface area contributed by atoms with Crippen molar-refractivity contribution < 1.29 is 9.47 Å². The summed E-state index contributed by atoms with van der Waals surface area (Å²) in [5, 5.41) is 3.44. The highest BCUT2D eigenvalue weighted by Crippen LogP contribution is 2.39. The summed E-state index contributed by atoms with van der Waals surface area (Å²) in [6, 6.07) is 7.29. The number of nitrogens with one attached hydrogen (secondary N) is 1. The van der Waals surface area contributed by atoms with Crippen LogP contribution in [-0.4, -0.2) is 43.9 Å². The zero-order valence-electron chi connectivity index (χ0n) is 12.5. The molecule has 2 fully saturated rings. The maximum absolute atomic E-state index is 5.51. The maximum Gasteiger partial charge on any atom is 0.231 e. The molecule has 1 aromatic rings. The van der Waals surface area contributed by atoms with Crippen LogP contribution in [0.4, 0.5) is 0 Å². The standard InChI is InChI=1S/C17H24N2O2/c1-4-15(19-9-7-18-8-10-19)5-2-13(1)14-3-6-16-17(11-14)21-12-20-16/h3,6,11,13,15,18H,1-2,4-5,7-10,12H2. The summed E-state index contributed by atoms with van der Waals surface area (Å²) in [6.07, 6.45) is 5.26. The molecule has 0 bridgehead atoms. The van der Waals surface area contributed by atoms with Gasteiger partial charge in [-0.25, -0.2) is 0 Å². The summed E-state index contributed by atoms with van der Waals surface area (Å²) < 4.78 is 10.9. The Balaban J connectivity index is 1.38. The highest BCUT2D eigenvalue weighted by molar-refractivity contribution is 5.45. The van der Waals surface area contributed by atoms with E-state index >= 15 is 0 Å². The number of nitrogens with zero attached hydrogens (tertiary/aromatic N) is 1. The molecule has 1 saturated heterocycles. The molecule has 1 aliphatic carbocycles. The topological polar surface area (TPSA) is 33.7 Å². The van der Waals surface area contributed by atoms with Crippen LogP contribution in [0.5, 0.6) is 11.5 Å². The fourth-order valence-electron chi connectivity index (χ4n) is 3.99. The lowest BCUT2D eigenvalue weighted by atomic mass is 9.81. The average Bonchev–Trinajstić information content (AvgIpc) is 3.03. The largest absolute Gasteiger partial charge is 0.454 e. The predicted octanol–water partition coefficient (Wildman–Crippen LogP) is 2.35. The second-order valence-corrected chi connectivity index (χ2v) is 6.40. The van der Waals surface area contributed by atoms with Crippen LogP contribution in [-0.2, 0) is 0 Å². The number of fused-ring (bicyclic) bond motifs is 1. The van der Waals surface area contributed by atoms with Crippen LogP contribution in [0, 0.1) is 0 Å². The van der Waals surface area contributed by atoms with Crippen LogP contribution in [0.15, 0.2) is 18.2 Å². The van der Waals surface area contributed by atoms with E-state index in [0.29, 0.717) is 12.7 Å². The van der Waals surface area contributed by atoms with E-state index in [-0.39, 0.29) is 0 Å². The minimum Gasteiger partial charge on any atom is -0.454 e. The minimum atomic E-state index is 0.370. The van der Waals surface area contributed by atoms with E-state index < -0.39 is 0 Å². The highest BCUT2D eigenvalue weighted by Gasteiger charge is 2.28. The third kappa shape index (κ3) is 2.74. The van der Waals surface area contributed by atoms with Crippen LogP contribution in [0.25, 0.3) is 0 Å². The van der Waals surface area contributed by atoms with Crippen LogP contribution in [0.1, 0.15) is 37.2 Å². The smallest absolute Gasteiger partial charge is 0.231 e. The summed E-state index contributed by atoms with van der Waals surface area (Å²) in [7, 11) is 0. The van der Waals surface area contributed by atoms with E-state index in [9.17, 15) is 0 Å². The van der Waals surface area contributed by atoms with Crippen LogP contribution in [0.2, 0.25) is 0 Å². The first-order chi connectivity index (χ1) is 10.4. The Morgan fingerprint density at radius 2 is 1.71 bits per heavy atom. The van der Waals surface area contributed by atoms with Crippen LogP contribution in [0.3, 0.4) is 0 Å². The Hall–Kier alpha value is -1.26. The van der Waals surface area contributed by atoms with E-state index in [1.807, 2.05) is 0 Å². The molecule has 1 saturated carbocycles. The van der Waals surface area contributed by atoms with Crippen molar-refractivity contribution in [1.29, 1.82) is 0 Å². The van der Waals surface area contributed by atoms with Crippen molar-refractivity contribution in [2.45, 2.75) is 37.6 Å². The fourth-order valence-corrected chi connectivity index (χ4v) is 3.99. The van der Waals surface area contributed by atoms with Gasteiger partial charge in [-0.2, -0.15) is 0 Å². The molecule has 21 heavy (non-hydrogen) atoms. The van der Waals surface area contributed by atoms with Crippen LogP contribution < -0.4 is 14.8 Å². The monoisotopic (exact) mass is 288 g/mol. The van der Waals surface area contributed by atoms with Crippen molar-refractivity contribution >= 4 is 0 Å². The lowest BCUT2D eigenvalue weighted by Crippen LogP contribution is -2.49. The number of benzene rings is 1. The first-order valence-electron chi connectivity index (χ1n) is 8.24. The molecule has 0 spiro atoms. The molecule has 3 aliphatic rings. The second kappa shape index (κ2) is 5.85. The SMILES string of the molecule is c1cc2c(cc1C1CCC(N3CCNCC3)CC1)OCO2. The molecule has 1 aromatic carbocycles. The van der Waals surface area contributed by atoms with Crippen molar-refractivity contribution in [1.82, 2.24) is 10.2 Å². The highest BCUT2D eigenvalue weighted by atomic mass is 16.7.